The van der Waals surface area contributed by atoms with E-state index in [0.717, 1.165) is 5.69 Å². The second-order valence-corrected chi connectivity index (χ2v) is 3.35. The predicted molar refractivity (Wildman–Crippen MR) is 68.1 cm³/mol. The maximum absolute atomic E-state index is 5.83. The fraction of sp³-hybridized carbons (Fsp3) is 0.111. The van der Waals surface area contributed by atoms with Crippen LogP contribution in [-0.2, 0) is 0 Å². The minimum Gasteiger partial charge on any atom is -0.386 e. The molecule has 7 heteroatoms. The summed E-state index contributed by atoms with van der Waals surface area (Å²) in [6.07, 6.45) is 0. The fourth-order valence-electron chi connectivity index (χ4n) is 1.09. The van der Waals surface area contributed by atoms with Gasteiger partial charge in [-0.3, -0.25) is 0 Å². The van der Waals surface area contributed by atoms with Gasteiger partial charge in [-0.1, -0.05) is 11.6 Å². The Balaban J connectivity index is 3.09. The predicted octanol–water partition coefficient (Wildman–Crippen LogP) is 0.601. The van der Waals surface area contributed by atoms with Crippen molar-refractivity contribution in [1.82, 2.24) is 0 Å². The van der Waals surface area contributed by atoms with Gasteiger partial charge in [0.05, 0.1) is 11.4 Å². The quantitative estimate of drug-likeness (QED) is 0.448. The summed E-state index contributed by atoms with van der Waals surface area (Å²) in [5.41, 5.74) is 17.2. The van der Waals surface area contributed by atoms with Crippen LogP contribution in [0.2, 0.25) is 5.02 Å². The Hall–Kier alpha value is -1.95. The highest BCUT2D eigenvalue weighted by Crippen LogP contribution is 2.27. The lowest BCUT2D eigenvalue weighted by atomic mass is 10.2. The molecule has 1 aromatic carbocycles. The molecule has 0 radical (unpaired) electrons. The highest BCUT2D eigenvalue weighted by atomic mass is 35.5. The van der Waals surface area contributed by atoms with Crippen molar-refractivity contribution in [2.75, 3.05) is 12.4 Å². The Morgan fingerprint density at radius 2 is 2.00 bits per heavy atom. The summed E-state index contributed by atoms with van der Waals surface area (Å²) in [5.74, 6) is -0.153. The molecular formula is C9H13ClN6. The van der Waals surface area contributed by atoms with Crippen LogP contribution in [0.5, 0.6) is 0 Å². The van der Waals surface area contributed by atoms with Gasteiger partial charge in [-0.15, -0.1) is 0 Å². The molecule has 0 aromatic heterocycles. The van der Waals surface area contributed by atoms with Crippen LogP contribution in [0.3, 0.4) is 0 Å². The molecule has 0 saturated carbocycles. The van der Waals surface area contributed by atoms with E-state index < -0.39 is 0 Å². The van der Waals surface area contributed by atoms with Crippen LogP contribution >= 0.6 is 11.6 Å². The van der Waals surface area contributed by atoms with E-state index in [0.29, 0.717) is 10.7 Å². The first-order valence-electron chi connectivity index (χ1n) is 4.44. The van der Waals surface area contributed by atoms with E-state index in [9.17, 15) is 0 Å². The van der Waals surface area contributed by atoms with Gasteiger partial charge in [-0.25, -0.2) is 4.99 Å². The molecular weight excluding hydrogens is 228 g/mol. The van der Waals surface area contributed by atoms with Crippen LogP contribution in [0.1, 0.15) is 0 Å². The molecule has 7 N–H and O–H groups in total. The first-order valence-corrected chi connectivity index (χ1v) is 4.82. The number of nitrogens with one attached hydrogen (secondary N) is 1. The topological polar surface area (TPSA) is 115 Å². The van der Waals surface area contributed by atoms with E-state index in [1.54, 1.807) is 25.2 Å². The van der Waals surface area contributed by atoms with E-state index in [1.165, 1.54) is 0 Å². The van der Waals surface area contributed by atoms with E-state index in [2.05, 4.69) is 15.3 Å². The van der Waals surface area contributed by atoms with Gasteiger partial charge >= 0.3 is 0 Å². The molecule has 0 spiro atoms. The van der Waals surface area contributed by atoms with Gasteiger partial charge in [0, 0.05) is 12.1 Å². The maximum Gasteiger partial charge on any atom is 0.223 e. The SMILES string of the molecule is CNc1cc(Cl)ccc1N=C(N)N=C(N)N. The van der Waals surface area contributed by atoms with Gasteiger partial charge in [-0.2, -0.15) is 4.99 Å². The van der Waals surface area contributed by atoms with Crippen LogP contribution in [0, 0.1) is 0 Å². The van der Waals surface area contributed by atoms with Gasteiger partial charge < -0.3 is 22.5 Å². The number of aliphatic imine (C=N–C) groups is 2. The average molecular weight is 241 g/mol. The molecule has 0 heterocycles. The summed E-state index contributed by atoms with van der Waals surface area (Å²) in [7, 11) is 1.75. The zero-order chi connectivity index (χ0) is 12.1. The smallest absolute Gasteiger partial charge is 0.223 e. The van der Waals surface area contributed by atoms with Crippen molar-refractivity contribution in [3.63, 3.8) is 0 Å². The lowest BCUT2D eigenvalue weighted by molar-refractivity contribution is 1.37. The minimum absolute atomic E-state index is 0.0150. The Kier molecular flexibility index (Phi) is 3.96. The number of rotatable bonds is 2. The summed E-state index contributed by atoms with van der Waals surface area (Å²) < 4.78 is 0. The second kappa shape index (κ2) is 5.22. The highest BCUT2D eigenvalue weighted by molar-refractivity contribution is 6.31. The third-order valence-corrected chi connectivity index (χ3v) is 1.94. The normalized spacial score (nSPS) is 11.0. The van der Waals surface area contributed by atoms with Gasteiger partial charge in [-0.05, 0) is 18.2 Å². The number of guanidine groups is 2. The highest BCUT2D eigenvalue weighted by Gasteiger charge is 2.01. The number of halogens is 1. The summed E-state index contributed by atoms with van der Waals surface area (Å²) >= 11 is 5.83. The van der Waals surface area contributed by atoms with Crippen molar-refractivity contribution in [3.8, 4) is 0 Å². The first kappa shape index (κ1) is 12.1. The zero-order valence-electron chi connectivity index (χ0n) is 8.74. The van der Waals surface area contributed by atoms with Crippen molar-refractivity contribution in [2.45, 2.75) is 0 Å². The maximum atomic E-state index is 5.83. The van der Waals surface area contributed by atoms with Crippen molar-refractivity contribution >= 4 is 34.9 Å². The number of hydrogen-bond donors (Lipinski definition) is 4. The Morgan fingerprint density at radius 3 is 2.56 bits per heavy atom. The van der Waals surface area contributed by atoms with Crippen LogP contribution in [0.4, 0.5) is 11.4 Å². The third kappa shape index (κ3) is 3.32. The molecule has 16 heavy (non-hydrogen) atoms. The second-order valence-electron chi connectivity index (χ2n) is 2.92. The molecule has 6 nitrogen and oxygen atoms in total. The van der Waals surface area contributed by atoms with Crippen molar-refractivity contribution in [3.05, 3.63) is 23.2 Å². The third-order valence-electron chi connectivity index (χ3n) is 1.71. The fourth-order valence-corrected chi connectivity index (χ4v) is 1.26. The number of anilines is 1. The molecule has 0 bridgehead atoms. The summed E-state index contributed by atoms with van der Waals surface area (Å²) in [4.78, 5) is 7.65. The van der Waals surface area contributed by atoms with Crippen molar-refractivity contribution in [2.24, 2.45) is 27.2 Å². The summed E-state index contributed by atoms with van der Waals surface area (Å²) in [6.45, 7) is 0. The number of benzene rings is 1. The van der Waals surface area contributed by atoms with Gasteiger partial charge in [0.2, 0.25) is 5.96 Å². The molecule has 0 fully saturated rings. The molecule has 0 amide bonds. The zero-order valence-corrected chi connectivity index (χ0v) is 9.49. The molecule has 1 aromatic rings. The Labute approximate surface area is 98.2 Å². The van der Waals surface area contributed by atoms with Crippen LogP contribution in [0.25, 0.3) is 0 Å². The van der Waals surface area contributed by atoms with E-state index in [-0.39, 0.29) is 11.9 Å². The molecule has 1 rings (SSSR count). The minimum atomic E-state index is -0.138. The molecule has 0 atom stereocenters. The lowest BCUT2D eigenvalue weighted by Gasteiger charge is -2.05. The number of nitrogens with two attached hydrogens (primary N) is 3. The number of nitrogens with zero attached hydrogens (tertiary/aromatic N) is 2. The van der Waals surface area contributed by atoms with E-state index in [1.807, 2.05) is 0 Å². The lowest BCUT2D eigenvalue weighted by Crippen LogP contribution is -2.26. The summed E-state index contributed by atoms with van der Waals surface area (Å²) in [6, 6.07) is 5.14. The first-order chi connectivity index (χ1) is 7.52. The average Bonchev–Trinajstić information content (AvgIpc) is 2.19. The van der Waals surface area contributed by atoms with Gasteiger partial charge in [0.15, 0.2) is 5.96 Å². The Morgan fingerprint density at radius 1 is 1.31 bits per heavy atom. The van der Waals surface area contributed by atoms with Crippen molar-refractivity contribution in [1.29, 1.82) is 0 Å². The van der Waals surface area contributed by atoms with Crippen molar-refractivity contribution < 1.29 is 0 Å². The summed E-state index contributed by atoms with van der Waals surface area (Å²) in [5, 5.41) is 3.54. The molecule has 0 unspecified atom stereocenters. The van der Waals surface area contributed by atoms with E-state index in [4.69, 9.17) is 28.8 Å². The molecule has 0 aliphatic rings. The molecule has 0 aliphatic carbocycles. The van der Waals surface area contributed by atoms with Crippen LogP contribution in [-0.4, -0.2) is 19.0 Å². The Bertz CT molecular complexity index is 436. The van der Waals surface area contributed by atoms with Gasteiger partial charge in [0.1, 0.15) is 0 Å². The van der Waals surface area contributed by atoms with Crippen LogP contribution < -0.4 is 22.5 Å². The monoisotopic (exact) mass is 240 g/mol. The number of hydrogen-bond acceptors (Lipinski definition) is 2. The molecule has 0 aliphatic heterocycles. The van der Waals surface area contributed by atoms with Crippen LogP contribution in [0.15, 0.2) is 28.2 Å². The van der Waals surface area contributed by atoms with Gasteiger partial charge in [0.25, 0.3) is 0 Å². The molecule has 86 valence electrons. The largest absolute Gasteiger partial charge is 0.386 e. The standard InChI is InChI=1S/C9H13ClN6/c1-14-7-4-5(10)2-3-6(7)15-9(13)16-8(11)12/h2-4,14H,1H3,(H6,11,12,13,15,16). The molecule has 0 saturated heterocycles. The van der Waals surface area contributed by atoms with E-state index >= 15 is 0 Å².